The number of likely N-dealkylation sites (tertiary alicyclic amines) is 1. The van der Waals surface area contributed by atoms with Crippen molar-refractivity contribution in [2.75, 3.05) is 13.1 Å². The van der Waals surface area contributed by atoms with E-state index < -0.39 is 71.8 Å². The molecule has 5 aromatic rings. The molecule has 0 spiro atoms. The summed E-state index contributed by atoms with van der Waals surface area (Å²) in [5.74, 6) is -2.58. The molecule has 0 bridgehead atoms. The van der Waals surface area contributed by atoms with Crippen molar-refractivity contribution < 1.29 is 48.0 Å². The van der Waals surface area contributed by atoms with Gasteiger partial charge >= 0.3 is 18.2 Å². The molecule has 0 saturated carbocycles. The minimum Gasteiger partial charge on any atom is -0.477 e. The minimum absolute atomic E-state index is 0.103. The van der Waals surface area contributed by atoms with Gasteiger partial charge in [0.1, 0.15) is 27.5 Å². The Balaban J connectivity index is 1.35. The lowest BCUT2D eigenvalue weighted by atomic mass is 9.93. The number of nitro groups is 2. The predicted octanol–water partition coefficient (Wildman–Crippen LogP) is 9.18. The number of β-lactam (4-membered cyclic amide) rings is 1. The number of hydrogen-bond donors (Lipinski definition) is 3. The van der Waals surface area contributed by atoms with Gasteiger partial charge in [0.25, 0.3) is 11.4 Å². The molecule has 384 valence electrons. The third-order valence-electron chi connectivity index (χ3n) is 12.5. The highest BCUT2D eigenvalue weighted by atomic mass is 32.2. The smallest absolute Gasteiger partial charge is 0.407 e. The number of hydrogen-bond acceptors (Lipinski definition) is 14. The Labute approximate surface area is 438 Å². The largest absolute Gasteiger partial charge is 0.477 e. The van der Waals surface area contributed by atoms with Crippen molar-refractivity contribution >= 4 is 111 Å². The highest BCUT2D eigenvalue weighted by Gasteiger charge is 2.57. The number of thiocarbonyl (C=S) groups is 1. The van der Waals surface area contributed by atoms with Gasteiger partial charge in [0.15, 0.2) is 8.32 Å². The van der Waals surface area contributed by atoms with Crippen molar-refractivity contribution in [3.05, 3.63) is 171 Å². The summed E-state index contributed by atoms with van der Waals surface area (Å²) in [4.78, 5) is 78.2. The van der Waals surface area contributed by atoms with E-state index in [1.54, 1.807) is 0 Å². The monoisotopic (exact) mass is 1090 g/mol. The van der Waals surface area contributed by atoms with Crippen LogP contribution >= 0.6 is 42.6 Å². The van der Waals surface area contributed by atoms with Gasteiger partial charge in [0, 0.05) is 49.5 Å². The van der Waals surface area contributed by atoms with E-state index in [2.05, 4.69) is 44.5 Å². The maximum atomic E-state index is 15.2. The molecule has 0 unspecified atom stereocenters. The van der Waals surface area contributed by atoms with Gasteiger partial charge in [-0.25, -0.2) is 14.4 Å². The lowest BCUT2D eigenvalue weighted by Gasteiger charge is -2.52. The number of carboxylic acids is 1. The topological polar surface area (TPSA) is 230 Å². The Bertz CT molecular complexity index is 2680. The van der Waals surface area contributed by atoms with E-state index in [4.69, 9.17) is 26.1 Å². The highest BCUT2D eigenvalue weighted by Crippen LogP contribution is 2.52. The molecule has 17 nitrogen and oxygen atoms in total. The maximum absolute atomic E-state index is 15.2. The van der Waals surface area contributed by atoms with E-state index in [1.807, 2.05) is 97.9 Å². The number of ether oxygens (including phenoxy) is 2. The summed E-state index contributed by atoms with van der Waals surface area (Å²) in [7, 11) is -2.51. The zero-order valence-corrected chi connectivity index (χ0v) is 45.2. The van der Waals surface area contributed by atoms with Crippen LogP contribution in [0.25, 0.3) is 0 Å². The van der Waals surface area contributed by atoms with Crippen LogP contribution in [-0.2, 0) is 36.7 Å². The number of carboxylic acid groups (broad SMARTS) is 1. The Morgan fingerprint density at radius 2 is 1.14 bits per heavy atom. The molecular formula is C51H56N5O12PS3Si. The second kappa shape index (κ2) is 24.6. The number of carbonyl (C=O) groups excluding carboxylic acids is 3. The zero-order chi connectivity index (χ0) is 53.1. The van der Waals surface area contributed by atoms with Crippen molar-refractivity contribution in [3.63, 3.8) is 0 Å². The van der Waals surface area contributed by atoms with Gasteiger partial charge in [-0.1, -0.05) is 136 Å². The van der Waals surface area contributed by atoms with E-state index in [0.717, 1.165) is 23.5 Å². The SMILES string of the molecule is C[C@@H](O[Si](C)(C)C(C)(C)C)[C@H]1C(=O)N(C(C(=O)O)=P(c2ccccc2)(c2ccccc2)c2ccccc2)[C@@H]1SC(=S)SC(CNC(=O)OCc1ccc([N+](=O)[O-])cc1)CNC(=O)OCc1ccc([N+](=O)[O-])cc1. The average Bonchev–Trinajstić information content (AvgIpc) is 3.36. The molecule has 5 aromatic carbocycles. The first-order chi connectivity index (χ1) is 34.6. The Kier molecular flexibility index (Phi) is 18.8. The molecule has 0 radical (unpaired) electrons. The standard InChI is InChI=1S/C51H56N5O12PS3Si/c1-34(68-73(5,6)51(2,3)4)43-44(57)54(45(47(58)59)69(39-16-10-7-11-17-39,40-18-12-8-13-19-40)41-20-14-9-15-21-41)46(43)72-50(70)71-42(30-52-48(60)66-32-35-22-26-37(27-23-35)55(62)63)31-53-49(61)67-33-36-24-28-38(29-25-36)56(64)65/h7-29,34,42-43,46H,30-33H2,1-6H3,(H,52,60)(H,53,61)(H,58,59)/t34-,43+,46-/m1/s1. The lowest BCUT2D eigenvalue weighted by Crippen LogP contribution is -2.68. The van der Waals surface area contributed by atoms with E-state index in [-0.39, 0.29) is 51.7 Å². The molecule has 0 aromatic heterocycles. The van der Waals surface area contributed by atoms with E-state index in [1.165, 1.54) is 53.4 Å². The highest BCUT2D eigenvalue weighted by molar-refractivity contribution is 8.47. The normalized spacial score (nSPS) is 15.1. The van der Waals surface area contributed by atoms with Gasteiger partial charge in [-0.15, -0.1) is 11.8 Å². The van der Waals surface area contributed by atoms with Crippen molar-refractivity contribution in [2.45, 2.75) is 75.8 Å². The first kappa shape index (κ1) is 56.0. The number of non-ortho nitro benzene ring substituents is 2. The van der Waals surface area contributed by atoms with Gasteiger partial charge in [0.05, 0.1) is 21.9 Å². The van der Waals surface area contributed by atoms with Crippen LogP contribution in [0.3, 0.4) is 0 Å². The van der Waals surface area contributed by atoms with Crippen molar-refractivity contribution in [1.29, 1.82) is 0 Å². The number of thioether (sulfide) groups is 2. The van der Waals surface area contributed by atoms with Crippen LogP contribution < -0.4 is 26.5 Å². The molecule has 1 fully saturated rings. The second-order valence-corrected chi connectivity index (χ2v) is 30.1. The van der Waals surface area contributed by atoms with Crippen LogP contribution in [0.5, 0.6) is 0 Å². The van der Waals surface area contributed by atoms with Crippen LogP contribution in [-0.4, -0.2) is 91.0 Å². The fourth-order valence-electron chi connectivity index (χ4n) is 7.80. The molecule has 1 aliphatic heterocycles. The molecule has 1 saturated heterocycles. The fraction of sp³-hybridized carbons (Fsp3) is 0.294. The molecule has 3 atom stereocenters. The van der Waals surface area contributed by atoms with Crippen molar-refractivity contribution in [2.24, 2.45) is 5.92 Å². The summed E-state index contributed by atoms with van der Waals surface area (Å²) >= 11 is 8.33. The van der Waals surface area contributed by atoms with Gasteiger partial charge in [-0.2, -0.15) is 0 Å². The summed E-state index contributed by atoms with van der Waals surface area (Å²) in [6, 6.07) is 39.0. The molecule has 3 amide bonds. The van der Waals surface area contributed by atoms with Crippen molar-refractivity contribution in [3.8, 4) is 0 Å². The lowest BCUT2D eigenvalue weighted by molar-refractivity contribution is -0.385. The Morgan fingerprint density at radius 1 is 0.740 bits per heavy atom. The number of rotatable bonds is 20. The second-order valence-electron chi connectivity index (χ2n) is 18.4. The average molecular weight is 1090 g/mol. The van der Waals surface area contributed by atoms with Crippen molar-refractivity contribution in [1.82, 2.24) is 15.5 Å². The van der Waals surface area contributed by atoms with E-state index in [9.17, 15) is 39.7 Å². The molecule has 1 heterocycles. The Hall–Kier alpha value is -6.35. The molecule has 73 heavy (non-hydrogen) atoms. The third kappa shape index (κ3) is 13.6. The minimum atomic E-state index is -3.38. The summed E-state index contributed by atoms with van der Waals surface area (Å²) in [5, 5.41) is 39.6. The number of nitrogens with one attached hydrogen (secondary N) is 2. The van der Waals surface area contributed by atoms with Gasteiger partial charge in [-0.05, 0) is 76.4 Å². The number of benzene rings is 5. The van der Waals surface area contributed by atoms with Gasteiger partial charge in [-0.3, -0.25) is 29.9 Å². The third-order valence-corrected chi connectivity index (χ3v) is 24.3. The Morgan fingerprint density at radius 3 is 1.49 bits per heavy atom. The van der Waals surface area contributed by atoms with Crippen LogP contribution in [0.15, 0.2) is 140 Å². The van der Waals surface area contributed by atoms with Crippen LogP contribution in [0, 0.1) is 26.1 Å². The number of aliphatic carboxylic acids is 1. The van der Waals surface area contributed by atoms with Gasteiger partial charge < -0.3 is 29.6 Å². The summed E-state index contributed by atoms with van der Waals surface area (Å²) in [5.41, 5.74) is 0.645. The molecular weight excluding hydrogens is 1030 g/mol. The quantitative estimate of drug-likeness (QED) is 0.0165. The summed E-state index contributed by atoms with van der Waals surface area (Å²) < 4.78 is 17.9. The molecule has 0 aliphatic carbocycles. The fourth-order valence-corrected chi connectivity index (χ4v) is 16.9. The number of carbonyl (C=O) groups is 4. The number of alkyl carbamates (subject to hydrolysis) is 2. The first-order valence-electron chi connectivity index (χ1n) is 23.0. The number of nitrogens with zero attached hydrogens (tertiary/aromatic N) is 3. The molecule has 3 N–H and O–H groups in total. The summed E-state index contributed by atoms with van der Waals surface area (Å²) in [6.07, 6.45) is -2.34. The zero-order valence-electron chi connectivity index (χ0n) is 40.9. The predicted molar refractivity (Wildman–Crippen MR) is 294 cm³/mol. The van der Waals surface area contributed by atoms with E-state index in [0.29, 0.717) is 27.0 Å². The molecule has 6 rings (SSSR count). The number of amides is 3. The molecule has 1 aliphatic rings. The van der Waals surface area contributed by atoms with E-state index >= 15 is 4.79 Å². The summed E-state index contributed by atoms with van der Waals surface area (Å²) in [6.45, 7) is 8.24. The van der Waals surface area contributed by atoms with Crippen LogP contribution in [0.4, 0.5) is 21.0 Å². The van der Waals surface area contributed by atoms with Crippen LogP contribution in [0.2, 0.25) is 18.1 Å². The first-order valence-corrected chi connectivity index (χ1v) is 29.8. The number of nitro benzene ring substituents is 2. The van der Waals surface area contributed by atoms with Crippen LogP contribution in [0.1, 0.15) is 38.8 Å². The maximum Gasteiger partial charge on any atom is 0.407 e. The molecule has 22 heteroatoms. The van der Waals surface area contributed by atoms with Gasteiger partial charge in [0.2, 0.25) is 5.91 Å².